The first-order valence-corrected chi connectivity index (χ1v) is 3.98. The number of carboxylic acid groups (broad SMARTS) is 1. The SMILES string of the molecule is O=C(O)[C@@H]1CC[C@H](Br)C1. The van der Waals surface area contributed by atoms with Crippen molar-refractivity contribution in [2.45, 2.75) is 24.1 Å². The van der Waals surface area contributed by atoms with Gasteiger partial charge in [0.05, 0.1) is 5.92 Å². The van der Waals surface area contributed by atoms with Crippen LogP contribution >= 0.6 is 15.9 Å². The first kappa shape index (κ1) is 7.06. The van der Waals surface area contributed by atoms with E-state index in [2.05, 4.69) is 15.9 Å². The van der Waals surface area contributed by atoms with Crippen molar-refractivity contribution in [3.8, 4) is 0 Å². The number of halogens is 1. The van der Waals surface area contributed by atoms with Crippen LogP contribution in [0, 0.1) is 5.92 Å². The van der Waals surface area contributed by atoms with Gasteiger partial charge in [-0.05, 0) is 19.3 Å². The fourth-order valence-corrected chi connectivity index (χ4v) is 1.87. The molecule has 1 fully saturated rings. The smallest absolute Gasteiger partial charge is 0.306 e. The van der Waals surface area contributed by atoms with Gasteiger partial charge in [0.2, 0.25) is 0 Å². The average molecular weight is 193 g/mol. The van der Waals surface area contributed by atoms with Crippen molar-refractivity contribution >= 4 is 21.9 Å². The molecule has 9 heavy (non-hydrogen) atoms. The normalized spacial score (nSPS) is 34.8. The van der Waals surface area contributed by atoms with Crippen LogP contribution in [0.15, 0.2) is 0 Å². The first-order chi connectivity index (χ1) is 4.20. The molecule has 52 valence electrons. The third-order valence-electron chi connectivity index (χ3n) is 1.72. The highest BCUT2D eigenvalue weighted by Gasteiger charge is 2.27. The van der Waals surface area contributed by atoms with E-state index in [0.29, 0.717) is 4.83 Å². The van der Waals surface area contributed by atoms with Crippen molar-refractivity contribution in [2.24, 2.45) is 5.92 Å². The van der Waals surface area contributed by atoms with Gasteiger partial charge in [-0.15, -0.1) is 0 Å². The summed E-state index contributed by atoms with van der Waals surface area (Å²) in [7, 11) is 0. The second-order valence-corrected chi connectivity index (χ2v) is 3.74. The molecule has 0 spiro atoms. The molecule has 2 atom stereocenters. The lowest BCUT2D eigenvalue weighted by atomic mass is 10.1. The summed E-state index contributed by atoms with van der Waals surface area (Å²) in [6.45, 7) is 0. The monoisotopic (exact) mass is 192 g/mol. The fraction of sp³-hybridized carbons (Fsp3) is 0.833. The van der Waals surface area contributed by atoms with Crippen molar-refractivity contribution in [1.29, 1.82) is 0 Å². The molecule has 1 aliphatic rings. The molecule has 0 aliphatic heterocycles. The van der Waals surface area contributed by atoms with E-state index in [1.807, 2.05) is 0 Å². The maximum Gasteiger partial charge on any atom is 0.306 e. The number of aliphatic carboxylic acids is 1. The molecule has 0 aromatic carbocycles. The molecular weight excluding hydrogens is 184 g/mol. The van der Waals surface area contributed by atoms with Crippen LogP contribution in [0.25, 0.3) is 0 Å². The van der Waals surface area contributed by atoms with E-state index in [-0.39, 0.29) is 5.92 Å². The van der Waals surface area contributed by atoms with Crippen molar-refractivity contribution in [2.75, 3.05) is 0 Å². The Hall–Kier alpha value is -0.0500. The molecule has 0 unspecified atom stereocenters. The highest BCUT2D eigenvalue weighted by Crippen LogP contribution is 2.30. The second kappa shape index (κ2) is 2.69. The van der Waals surface area contributed by atoms with Crippen LogP contribution in [0.4, 0.5) is 0 Å². The minimum atomic E-state index is -0.642. The lowest BCUT2D eigenvalue weighted by Crippen LogP contribution is -2.09. The minimum Gasteiger partial charge on any atom is -0.481 e. The minimum absolute atomic E-state index is 0.0885. The summed E-state index contributed by atoms with van der Waals surface area (Å²) in [5, 5.41) is 8.51. The van der Waals surface area contributed by atoms with Crippen LogP contribution in [-0.4, -0.2) is 15.9 Å². The van der Waals surface area contributed by atoms with E-state index in [4.69, 9.17) is 5.11 Å². The van der Waals surface area contributed by atoms with Crippen molar-refractivity contribution in [3.63, 3.8) is 0 Å². The standard InChI is InChI=1S/C6H9BrO2/c7-5-2-1-4(3-5)6(8)9/h4-5H,1-3H2,(H,8,9)/t4-,5+/m1/s1. The topological polar surface area (TPSA) is 37.3 Å². The Kier molecular flexibility index (Phi) is 2.11. The van der Waals surface area contributed by atoms with Gasteiger partial charge in [0.15, 0.2) is 0 Å². The van der Waals surface area contributed by atoms with Crippen LogP contribution in [0.1, 0.15) is 19.3 Å². The van der Waals surface area contributed by atoms with E-state index in [1.165, 1.54) is 0 Å². The van der Waals surface area contributed by atoms with Gasteiger partial charge in [0, 0.05) is 4.83 Å². The van der Waals surface area contributed by atoms with Gasteiger partial charge >= 0.3 is 5.97 Å². The number of carboxylic acids is 1. The Labute approximate surface area is 62.4 Å². The lowest BCUT2D eigenvalue weighted by Gasteiger charge is -1.98. The molecule has 1 rings (SSSR count). The van der Waals surface area contributed by atoms with Gasteiger partial charge < -0.3 is 5.11 Å². The predicted molar refractivity (Wildman–Crippen MR) is 37.7 cm³/mol. The van der Waals surface area contributed by atoms with Crippen molar-refractivity contribution in [3.05, 3.63) is 0 Å². The Morgan fingerprint density at radius 2 is 2.22 bits per heavy atom. The van der Waals surface area contributed by atoms with Crippen molar-refractivity contribution in [1.82, 2.24) is 0 Å². The average Bonchev–Trinajstić information content (AvgIpc) is 2.14. The number of carbonyl (C=O) groups is 1. The molecule has 1 saturated carbocycles. The van der Waals surface area contributed by atoms with E-state index < -0.39 is 5.97 Å². The molecule has 0 aromatic rings. The van der Waals surface area contributed by atoms with Crippen LogP contribution < -0.4 is 0 Å². The molecular formula is C6H9BrO2. The molecule has 0 amide bonds. The zero-order valence-electron chi connectivity index (χ0n) is 5.01. The molecule has 3 heteroatoms. The van der Waals surface area contributed by atoms with Crippen LogP contribution in [0.5, 0.6) is 0 Å². The van der Waals surface area contributed by atoms with Gasteiger partial charge in [-0.1, -0.05) is 15.9 Å². The first-order valence-electron chi connectivity index (χ1n) is 3.07. The van der Waals surface area contributed by atoms with Gasteiger partial charge in [0.1, 0.15) is 0 Å². The summed E-state index contributed by atoms with van der Waals surface area (Å²) in [5.74, 6) is -0.730. The maximum atomic E-state index is 10.3. The molecule has 0 aromatic heterocycles. The van der Waals surface area contributed by atoms with Gasteiger partial charge in [0.25, 0.3) is 0 Å². The van der Waals surface area contributed by atoms with Gasteiger partial charge in [-0.2, -0.15) is 0 Å². The summed E-state index contributed by atoms with van der Waals surface area (Å²) in [5.41, 5.74) is 0. The Morgan fingerprint density at radius 1 is 1.56 bits per heavy atom. The maximum absolute atomic E-state index is 10.3. The Morgan fingerprint density at radius 3 is 2.44 bits per heavy atom. The quantitative estimate of drug-likeness (QED) is 0.642. The zero-order valence-corrected chi connectivity index (χ0v) is 6.60. The Bertz CT molecular complexity index is 124. The summed E-state index contributed by atoms with van der Waals surface area (Å²) >= 11 is 3.38. The molecule has 1 N–H and O–H groups in total. The van der Waals surface area contributed by atoms with Crippen molar-refractivity contribution < 1.29 is 9.90 Å². The molecule has 0 heterocycles. The van der Waals surface area contributed by atoms with Gasteiger partial charge in [-0.25, -0.2) is 0 Å². The fourth-order valence-electron chi connectivity index (χ4n) is 1.15. The zero-order chi connectivity index (χ0) is 6.85. The third-order valence-corrected chi connectivity index (χ3v) is 2.55. The van der Waals surface area contributed by atoms with Crippen LogP contribution in [-0.2, 0) is 4.79 Å². The summed E-state index contributed by atoms with van der Waals surface area (Å²) in [6, 6.07) is 0. The molecule has 0 bridgehead atoms. The van der Waals surface area contributed by atoms with E-state index in [0.717, 1.165) is 19.3 Å². The van der Waals surface area contributed by atoms with Gasteiger partial charge in [-0.3, -0.25) is 4.79 Å². The number of rotatable bonds is 1. The predicted octanol–water partition coefficient (Wildman–Crippen LogP) is 1.63. The van der Waals surface area contributed by atoms with E-state index in [9.17, 15) is 4.79 Å². The number of hydrogen-bond acceptors (Lipinski definition) is 1. The molecule has 0 saturated heterocycles. The molecule has 1 aliphatic carbocycles. The third kappa shape index (κ3) is 1.68. The van der Waals surface area contributed by atoms with Crippen LogP contribution in [0.2, 0.25) is 0 Å². The largest absolute Gasteiger partial charge is 0.481 e. The number of hydrogen-bond donors (Lipinski definition) is 1. The summed E-state index contributed by atoms with van der Waals surface area (Å²) < 4.78 is 0. The Balaban J connectivity index is 2.39. The highest BCUT2D eigenvalue weighted by molar-refractivity contribution is 9.09. The van der Waals surface area contributed by atoms with Crippen LogP contribution in [0.3, 0.4) is 0 Å². The highest BCUT2D eigenvalue weighted by atomic mass is 79.9. The lowest BCUT2D eigenvalue weighted by molar-refractivity contribution is -0.141. The second-order valence-electron chi connectivity index (χ2n) is 2.45. The number of alkyl halides is 1. The summed E-state index contributed by atoms with van der Waals surface area (Å²) in [6.07, 6.45) is 2.65. The van der Waals surface area contributed by atoms with E-state index in [1.54, 1.807) is 0 Å². The van der Waals surface area contributed by atoms with E-state index >= 15 is 0 Å². The molecule has 2 nitrogen and oxygen atoms in total. The molecule has 0 radical (unpaired) electrons. The summed E-state index contributed by atoms with van der Waals surface area (Å²) in [4.78, 5) is 10.8.